The van der Waals surface area contributed by atoms with Crippen LogP contribution in [0.3, 0.4) is 0 Å². The Hall–Kier alpha value is -4.91. The molecule has 8 rings (SSSR count). The van der Waals surface area contributed by atoms with Gasteiger partial charge in [-0.15, -0.1) is 0 Å². The van der Waals surface area contributed by atoms with E-state index in [1.165, 1.54) is 12.3 Å². The highest BCUT2D eigenvalue weighted by Crippen LogP contribution is 2.40. The van der Waals surface area contributed by atoms with Crippen LogP contribution in [0.1, 0.15) is 86.1 Å². The number of amides is 2. The largest absolute Gasteiger partial charge is 0.494 e. The smallest absolute Gasteiger partial charge is 0.258 e. The molecule has 4 aromatic heterocycles. The SMILES string of the molecule is COc1cc(C(=O)N2C[C@H](N)[C@@H]3CC[C@H]2C3)cc2nc(-c3cc4ccc5nc4n3CCCCCC[C@@](c3ccccn3)(C(F)F)C(=O)N[C@@H]5C)n(C)c12. The van der Waals surface area contributed by atoms with Crippen molar-refractivity contribution in [1.82, 2.24) is 34.3 Å². The van der Waals surface area contributed by atoms with Gasteiger partial charge in [0.1, 0.15) is 16.9 Å². The summed E-state index contributed by atoms with van der Waals surface area (Å²) < 4.78 is 40.1. The Kier molecular flexibility index (Phi) is 9.16. The van der Waals surface area contributed by atoms with E-state index in [-0.39, 0.29) is 30.1 Å². The van der Waals surface area contributed by atoms with E-state index in [4.69, 9.17) is 20.4 Å². The van der Waals surface area contributed by atoms with Crippen LogP contribution in [-0.2, 0) is 23.8 Å². The molecule has 4 bridgehead atoms. The lowest BCUT2D eigenvalue weighted by molar-refractivity contribution is -0.134. The highest BCUT2D eigenvalue weighted by molar-refractivity contribution is 6.00. The Morgan fingerprint density at radius 2 is 1.91 bits per heavy atom. The zero-order valence-electron chi connectivity index (χ0n) is 30.4. The molecule has 5 aromatic rings. The average molecular weight is 725 g/mol. The first kappa shape index (κ1) is 35.1. The molecule has 1 aliphatic carbocycles. The molecule has 3 aliphatic rings. The van der Waals surface area contributed by atoms with E-state index < -0.39 is 23.8 Å². The van der Waals surface area contributed by atoms with Gasteiger partial charge in [0.15, 0.2) is 11.2 Å². The van der Waals surface area contributed by atoms with Crippen molar-refractivity contribution in [3.63, 3.8) is 0 Å². The summed E-state index contributed by atoms with van der Waals surface area (Å²) in [6, 6.07) is 13.9. The first-order chi connectivity index (χ1) is 25.6. The van der Waals surface area contributed by atoms with E-state index in [0.717, 1.165) is 48.7 Å². The van der Waals surface area contributed by atoms with Gasteiger partial charge in [0.2, 0.25) is 5.91 Å². The average Bonchev–Trinajstić information content (AvgIpc) is 3.85. The van der Waals surface area contributed by atoms with E-state index in [0.29, 0.717) is 65.8 Å². The van der Waals surface area contributed by atoms with Crippen molar-refractivity contribution in [3.8, 4) is 17.3 Å². The van der Waals surface area contributed by atoms with E-state index in [9.17, 15) is 9.59 Å². The maximum Gasteiger partial charge on any atom is 0.258 e. The zero-order valence-corrected chi connectivity index (χ0v) is 30.4. The van der Waals surface area contributed by atoms with Gasteiger partial charge in [-0.2, -0.15) is 0 Å². The van der Waals surface area contributed by atoms with Gasteiger partial charge in [-0.05, 0) is 87.4 Å². The van der Waals surface area contributed by atoms with E-state index in [1.54, 1.807) is 26.2 Å². The molecular weight excluding hydrogens is 678 g/mol. The van der Waals surface area contributed by atoms with E-state index in [2.05, 4.69) is 20.9 Å². The number of carbonyl (C=O) groups excluding carboxylic acids is 2. The molecule has 53 heavy (non-hydrogen) atoms. The van der Waals surface area contributed by atoms with Crippen LogP contribution in [0.4, 0.5) is 8.78 Å². The van der Waals surface area contributed by atoms with Gasteiger partial charge in [0, 0.05) is 49.4 Å². The number of fused-ring (bicyclic) bond motifs is 4. The maximum atomic E-state index is 15.0. The summed E-state index contributed by atoms with van der Waals surface area (Å²) in [6.45, 7) is 2.94. The molecule has 11 nitrogen and oxygen atoms in total. The second-order valence-electron chi connectivity index (χ2n) is 15.1. The maximum absolute atomic E-state index is 15.0. The summed E-state index contributed by atoms with van der Waals surface area (Å²) in [4.78, 5) is 44.1. The minimum Gasteiger partial charge on any atom is -0.494 e. The van der Waals surface area contributed by atoms with Crippen molar-refractivity contribution >= 4 is 33.9 Å². The molecule has 0 spiro atoms. The van der Waals surface area contributed by atoms with Gasteiger partial charge in [0.25, 0.3) is 12.3 Å². The Morgan fingerprint density at radius 1 is 1.08 bits per heavy atom. The zero-order chi connectivity index (χ0) is 37.0. The number of alkyl halides is 2. The molecular formula is C40H46F2N8O3. The Balaban J connectivity index is 1.17. The van der Waals surface area contributed by atoms with Crippen LogP contribution in [0.2, 0.25) is 0 Å². The number of ether oxygens (including phenoxy) is 1. The molecule has 6 heterocycles. The number of benzene rings is 1. The van der Waals surface area contributed by atoms with Gasteiger partial charge < -0.3 is 29.8 Å². The molecule has 3 N–H and O–H groups in total. The third kappa shape index (κ3) is 5.93. The number of piperidine rings is 1. The lowest BCUT2D eigenvalue weighted by Gasteiger charge is -2.37. The summed E-state index contributed by atoms with van der Waals surface area (Å²) in [5, 5.41) is 3.76. The quantitative estimate of drug-likeness (QED) is 0.218. The summed E-state index contributed by atoms with van der Waals surface area (Å²) in [5.41, 5.74) is 8.54. The number of carbonyl (C=O) groups is 2. The molecule has 2 aliphatic heterocycles. The molecule has 1 saturated heterocycles. The predicted molar refractivity (Wildman–Crippen MR) is 198 cm³/mol. The van der Waals surface area contributed by atoms with Gasteiger partial charge in [-0.25, -0.2) is 18.7 Å². The van der Waals surface area contributed by atoms with Crippen LogP contribution in [0, 0.1) is 5.92 Å². The number of likely N-dealkylation sites (tertiary alicyclic amines) is 1. The van der Waals surface area contributed by atoms with Crippen LogP contribution in [0.15, 0.2) is 54.7 Å². The highest BCUT2D eigenvalue weighted by Gasteiger charge is 2.50. The number of nitrogens with two attached hydrogens (primary N) is 1. The third-order valence-electron chi connectivity index (χ3n) is 11.9. The number of nitrogens with zero attached hydrogens (tertiary/aromatic N) is 6. The monoisotopic (exact) mass is 724 g/mol. The third-order valence-corrected chi connectivity index (χ3v) is 11.9. The number of pyridine rings is 2. The Labute approximate surface area is 306 Å². The molecule has 0 unspecified atom stereocenters. The van der Waals surface area contributed by atoms with Gasteiger partial charge in [-0.3, -0.25) is 14.6 Å². The molecule has 1 saturated carbocycles. The number of nitrogens with one attached hydrogen (secondary N) is 1. The molecule has 13 heteroatoms. The normalized spacial score (nSPS) is 25.3. The number of imidazole rings is 1. The first-order valence-corrected chi connectivity index (χ1v) is 18.7. The van der Waals surface area contributed by atoms with Crippen molar-refractivity contribution in [2.24, 2.45) is 18.7 Å². The van der Waals surface area contributed by atoms with Crippen molar-refractivity contribution in [1.29, 1.82) is 0 Å². The number of methoxy groups -OCH3 is 1. The number of aryl methyl sites for hydroxylation is 2. The molecule has 5 atom stereocenters. The highest BCUT2D eigenvalue weighted by atomic mass is 19.3. The molecule has 2 fully saturated rings. The summed E-state index contributed by atoms with van der Waals surface area (Å²) in [7, 11) is 3.55. The standard InChI is InChI=1S/C40H46F2N8O3/c1-23-29-14-12-25-20-31(49(35(25)46-29)17-9-5-4-7-15-40(38(41)42,39(52)45-23)33-10-6-8-16-44-33)36-47-30-19-26(21-32(53-3)34(30)48(36)2)37(51)50-22-28(43)24-11-13-27(50)18-24/h6,8,10,12,14,16,19-21,23-24,27-28,38H,4-5,7,9,11,13,15,17-18,22,43H2,1-3H3,(H,45,52)/t23-,24-,27+,28+,40-/m1/s1. The molecule has 278 valence electrons. The Bertz CT molecular complexity index is 2190. The fourth-order valence-electron chi connectivity index (χ4n) is 8.95. The summed E-state index contributed by atoms with van der Waals surface area (Å²) >= 11 is 0. The molecule has 0 radical (unpaired) electrons. The van der Waals surface area contributed by atoms with Crippen LogP contribution in [0.5, 0.6) is 5.75 Å². The van der Waals surface area contributed by atoms with Gasteiger partial charge in [0.05, 0.1) is 35.8 Å². The number of halogens is 2. The lowest BCUT2D eigenvalue weighted by atomic mass is 9.78. The number of aromatic nitrogens is 5. The van der Waals surface area contributed by atoms with Crippen LogP contribution < -0.4 is 15.8 Å². The number of hydrogen-bond acceptors (Lipinski definition) is 7. The lowest BCUT2D eigenvalue weighted by Crippen LogP contribution is -2.51. The topological polar surface area (TPSA) is 133 Å². The number of rotatable bonds is 5. The molecule has 2 amide bonds. The van der Waals surface area contributed by atoms with E-state index >= 15 is 8.78 Å². The van der Waals surface area contributed by atoms with Crippen molar-refractivity contribution < 1.29 is 23.1 Å². The van der Waals surface area contributed by atoms with Crippen LogP contribution in [-0.4, -0.2) is 73.0 Å². The molecule has 1 aromatic carbocycles. The van der Waals surface area contributed by atoms with Gasteiger partial charge >= 0.3 is 0 Å². The Morgan fingerprint density at radius 3 is 2.68 bits per heavy atom. The van der Waals surface area contributed by atoms with Crippen LogP contribution >= 0.6 is 0 Å². The summed E-state index contributed by atoms with van der Waals surface area (Å²) in [6.07, 6.45) is 4.12. The minimum atomic E-state index is -2.94. The van der Waals surface area contributed by atoms with E-state index in [1.807, 2.05) is 40.8 Å². The van der Waals surface area contributed by atoms with Crippen molar-refractivity contribution in [3.05, 3.63) is 71.7 Å². The first-order valence-electron chi connectivity index (χ1n) is 18.7. The van der Waals surface area contributed by atoms with Crippen LogP contribution in [0.25, 0.3) is 33.6 Å². The number of hydrogen-bond donors (Lipinski definition) is 2. The van der Waals surface area contributed by atoms with Crippen molar-refractivity contribution in [2.45, 2.75) is 94.8 Å². The second-order valence-corrected chi connectivity index (χ2v) is 15.1. The fourth-order valence-corrected chi connectivity index (χ4v) is 8.95. The predicted octanol–water partition coefficient (Wildman–Crippen LogP) is 6.29. The summed E-state index contributed by atoms with van der Waals surface area (Å²) in [5.74, 6) is 0.934. The minimum absolute atomic E-state index is 0.0132. The van der Waals surface area contributed by atoms with Crippen molar-refractivity contribution in [2.75, 3.05) is 13.7 Å². The fraction of sp³-hybridized carbons (Fsp3) is 0.475. The van der Waals surface area contributed by atoms with Gasteiger partial charge in [-0.1, -0.05) is 25.3 Å². The second kappa shape index (κ2) is 13.8.